The molecule has 0 saturated heterocycles. The quantitative estimate of drug-likeness (QED) is 0.880. The van der Waals surface area contributed by atoms with Gasteiger partial charge in [0.05, 0.1) is 0 Å². The molecule has 5 heteroatoms. The molecule has 1 heterocycles. The van der Waals surface area contributed by atoms with Gasteiger partial charge in [-0.05, 0) is 31.2 Å². The fourth-order valence-corrected chi connectivity index (χ4v) is 2.28. The molecule has 0 aliphatic carbocycles. The molecule has 108 valence electrons. The first kappa shape index (κ1) is 14.7. The van der Waals surface area contributed by atoms with Crippen LogP contribution in [0.25, 0.3) is 0 Å². The lowest BCUT2D eigenvalue weighted by Crippen LogP contribution is -2.24. The van der Waals surface area contributed by atoms with Crippen LogP contribution in [0.5, 0.6) is 0 Å². The number of nitrogens with zero attached hydrogens (tertiary/aromatic N) is 2. The minimum atomic E-state index is -0.820. The van der Waals surface area contributed by atoms with Gasteiger partial charge >= 0.3 is 0 Å². The van der Waals surface area contributed by atoms with E-state index in [0.717, 1.165) is 24.5 Å². The first-order valence-electron chi connectivity index (χ1n) is 6.84. The lowest BCUT2D eigenvalue weighted by atomic mass is 10.0. The highest BCUT2D eigenvalue weighted by Gasteiger charge is 2.16. The predicted molar refractivity (Wildman–Crippen MR) is 74.4 cm³/mol. The Morgan fingerprint density at radius 2 is 2.05 bits per heavy atom. The zero-order chi connectivity index (χ0) is 14.5. The number of halogens is 2. The van der Waals surface area contributed by atoms with E-state index in [9.17, 15) is 8.78 Å². The second-order valence-electron chi connectivity index (χ2n) is 4.62. The summed E-state index contributed by atoms with van der Waals surface area (Å²) < 4.78 is 28.5. The van der Waals surface area contributed by atoms with E-state index in [2.05, 4.69) is 10.3 Å². The van der Waals surface area contributed by atoms with Crippen LogP contribution in [-0.2, 0) is 13.0 Å². The van der Waals surface area contributed by atoms with Crippen molar-refractivity contribution in [3.63, 3.8) is 0 Å². The summed E-state index contributed by atoms with van der Waals surface area (Å²) in [5, 5.41) is 3.29. The second-order valence-corrected chi connectivity index (χ2v) is 4.62. The fraction of sp³-hybridized carbons (Fsp3) is 0.400. The van der Waals surface area contributed by atoms with E-state index in [-0.39, 0.29) is 6.04 Å². The minimum absolute atomic E-state index is 0.0807. The van der Waals surface area contributed by atoms with E-state index in [1.165, 1.54) is 12.1 Å². The van der Waals surface area contributed by atoms with Gasteiger partial charge in [0.1, 0.15) is 5.82 Å². The normalized spacial score (nSPS) is 12.6. The third-order valence-corrected chi connectivity index (χ3v) is 3.33. The maximum Gasteiger partial charge on any atom is 0.159 e. The SMILES string of the molecule is CCNC(Cc1nccn1CC)c1ccc(F)c(F)c1. The molecule has 20 heavy (non-hydrogen) atoms. The minimum Gasteiger partial charge on any atom is -0.335 e. The van der Waals surface area contributed by atoms with Crippen LogP contribution in [-0.4, -0.2) is 16.1 Å². The third kappa shape index (κ3) is 3.22. The Morgan fingerprint density at radius 3 is 2.70 bits per heavy atom. The molecule has 0 aliphatic heterocycles. The molecule has 0 bridgehead atoms. The number of aromatic nitrogens is 2. The molecule has 2 rings (SSSR count). The van der Waals surface area contributed by atoms with E-state index in [0.29, 0.717) is 6.42 Å². The zero-order valence-corrected chi connectivity index (χ0v) is 11.7. The van der Waals surface area contributed by atoms with Crippen LogP contribution in [0.1, 0.15) is 31.3 Å². The number of rotatable bonds is 6. The summed E-state index contributed by atoms with van der Waals surface area (Å²) in [7, 11) is 0. The van der Waals surface area contributed by atoms with Crippen molar-refractivity contribution in [3.8, 4) is 0 Å². The molecule has 0 fully saturated rings. The lowest BCUT2D eigenvalue weighted by molar-refractivity contribution is 0.491. The Kier molecular flexibility index (Phi) is 4.84. The summed E-state index contributed by atoms with van der Waals surface area (Å²) in [4.78, 5) is 4.33. The van der Waals surface area contributed by atoms with Crippen molar-refractivity contribution in [2.24, 2.45) is 0 Å². The third-order valence-electron chi connectivity index (χ3n) is 3.33. The maximum atomic E-state index is 13.4. The zero-order valence-electron chi connectivity index (χ0n) is 11.7. The first-order valence-corrected chi connectivity index (χ1v) is 6.84. The average molecular weight is 279 g/mol. The number of hydrogen-bond donors (Lipinski definition) is 1. The number of imidazole rings is 1. The average Bonchev–Trinajstić information content (AvgIpc) is 2.88. The highest BCUT2D eigenvalue weighted by Crippen LogP contribution is 2.20. The van der Waals surface area contributed by atoms with Crippen LogP contribution in [0, 0.1) is 11.6 Å². The van der Waals surface area contributed by atoms with Crippen molar-refractivity contribution in [2.45, 2.75) is 32.9 Å². The number of nitrogens with one attached hydrogen (secondary N) is 1. The molecule has 2 aromatic rings. The maximum absolute atomic E-state index is 13.4. The summed E-state index contributed by atoms with van der Waals surface area (Å²) in [5.41, 5.74) is 0.733. The Morgan fingerprint density at radius 1 is 1.25 bits per heavy atom. The predicted octanol–water partition coefficient (Wildman–Crippen LogP) is 3.07. The Labute approximate surface area is 117 Å². The van der Waals surface area contributed by atoms with Gasteiger partial charge in [0, 0.05) is 31.4 Å². The van der Waals surface area contributed by atoms with Crippen molar-refractivity contribution in [3.05, 3.63) is 53.6 Å². The standard InChI is InChI=1S/C15H19F2N3/c1-3-18-14(10-15-19-7-8-20(15)4-2)11-5-6-12(16)13(17)9-11/h5-9,14,18H,3-4,10H2,1-2H3. The second kappa shape index (κ2) is 6.61. The molecule has 0 radical (unpaired) electrons. The molecule has 0 amide bonds. The number of likely N-dealkylation sites (N-methyl/N-ethyl adjacent to an activating group) is 1. The summed E-state index contributed by atoms with van der Waals surface area (Å²) in [6.45, 7) is 5.62. The topological polar surface area (TPSA) is 29.9 Å². The Bertz CT molecular complexity index is 566. The van der Waals surface area contributed by atoms with Crippen molar-refractivity contribution < 1.29 is 8.78 Å². The molecular formula is C15H19F2N3. The summed E-state index contributed by atoms with van der Waals surface area (Å²) in [5.74, 6) is -0.702. The van der Waals surface area contributed by atoms with Crippen LogP contribution < -0.4 is 5.32 Å². The fourth-order valence-electron chi connectivity index (χ4n) is 2.28. The van der Waals surface area contributed by atoms with Crippen LogP contribution in [0.2, 0.25) is 0 Å². The summed E-state index contributed by atoms with van der Waals surface area (Å²) in [6, 6.07) is 3.96. The monoisotopic (exact) mass is 279 g/mol. The molecule has 1 aromatic carbocycles. The van der Waals surface area contributed by atoms with Crippen LogP contribution in [0.4, 0.5) is 8.78 Å². The number of benzene rings is 1. The lowest BCUT2D eigenvalue weighted by Gasteiger charge is -2.19. The van der Waals surface area contributed by atoms with E-state index < -0.39 is 11.6 Å². The number of aryl methyl sites for hydroxylation is 1. The molecule has 0 saturated carbocycles. The summed E-state index contributed by atoms with van der Waals surface area (Å²) >= 11 is 0. The first-order chi connectivity index (χ1) is 9.65. The molecule has 1 atom stereocenters. The van der Waals surface area contributed by atoms with Crippen molar-refractivity contribution in [2.75, 3.05) is 6.54 Å². The highest BCUT2D eigenvalue weighted by atomic mass is 19.2. The van der Waals surface area contributed by atoms with E-state index in [1.807, 2.05) is 24.6 Å². The van der Waals surface area contributed by atoms with Gasteiger partial charge in [-0.2, -0.15) is 0 Å². The van der Waals surface area contributed by atoms with Gasteiger partial charge in [-0.25, -0.2) is 13.8 Å². The largest absolute Gasteiger partial charge is 0.335 e. The van der Waals surface area contributed by atoms with Gasteiger partial charge in [0.2, 0.25) is 0 Å². The van der Waals surface area contributed by atoms with Crippen LogP contribution >= 0.6 is 0 Å². The van der Waals surface area contributed by atoms with E-state index in [4.69, 9.17) is 0 Å². The van der Waals surface area contributed by atoms with Gasteiger partial charge in [0.25, 0.3) is 0 Å². The van der Waals surface area contributed by atoms with Gasteiger partial charge in [-0.1, -0.05) is 13.0 Å². The molecule has 1 aromatic heterocycles. The molecule has 1 N–H and O–H groups in total. The molecule has 1 unspecified atom stereocenters. The Balaban J connectivity index is 2.24. The molecule has 3 nitrogen and oxygen atoms in total. The van der Waals surface area contributed by atoms with Gasteiger partial charge < -0.3 is 9.88 Å². The smallest absolute Gasteiger partial charge is 0.159 e. The number of hydrogen-bond acceptors (Lipinski definition) is 2. The van der Waals surface area contributed by atoms with Crippen LogP contribution in [0.15, 0.2) is 30.6 Å². The molecule has 0 spiro atoms. The summed E-state index contributed by atoms with van der Waals surface area (Å²) in [6.07, 6.45) is 4.32. The van der Waals surface area contributed by atoms with Gasteiger partial charge in [-0.15, -0.1) is 0 Å². The molecule has 0 aliphatic rings. The van der Waals surface area contributed by atoms with Gasteiger partial charge in [0.15, 0.2) is 11.6 Å². The van der Waals surface area contributed by atoms with E-state index >= 15 is 0 Å². The van der Waals surface area contributed by atoms with Crippen molar-refractivity contribution in [1.82, 2.24) is 14.9 Å². The Hall–Kier alpha value is -1.75. The van der Waals surface area contributed by atoms with E-state index in [1.54, 1.807) is 12.3 Å². The van der Waals surface area contributed by atoms with Crippen LogP contribution in [0.3, 0.4) is 0 Å². The molecular weight excluding hydrogens is 260 g/mol. The van der Waals surface area contributed by atoms with Crippen molar-refractivity contribution in [1.29, 1.82) is 0 Å². The highest BCUT2D eigenvalue weighted by molar-refractivity contribution is 5.22. The van der Waals surface area contributed by atoms with Gasteiger partial charge in [-0.3, -0.25) is 0 Å². The van der Waals surface area contributed by atoms with Crippen molar-refractivity contribution >= 4 is 0 Å².